The molecule has 1 saturated carbocycles. The van der Waals surface area contributed by atoms with Gasteiger partial charge in [-0.05, 0) is 25.5 Å². The second-order valence-corrected chi connectivity index (χ2v) is 4.29. The lowest BCUT2D eigenvalue weighted by atomic mass is 9.88. The molecule has 3 nitrogen and oxygen atoms in total. The van der Waals surface area contributed by atoms with Crippen LogP contribution in [-0.2, 0) is 4.74 Å². The van der Waals surface area contributed by atoms with Gasteiger partial charge in [0.05, 0.1) is 6.10 Å². The zero-order chi connectivity index (χ0) is 12.4. The topological polar surface area (TPSA) is 38.7 Å². The Kier molecular flexibility index (Phi) is 3.64. The molecule has 1 aromatic carbocycles. The summed E-state index contributed by atoms with van der Waals surface area (Å²) < 4.78 is 24.3. The molecule has 0 heterocycles. The summed E-state index contributed by atoms with van der Waals surface area (Å²) >= 11 is 0. The summed E-state index contributed by atoms with van der Waals surface area (Å²) in [6, 6.07) is 4.77. The van der Waals surface area contributed by atoms with Gasteiger partial charge < -0.3 is 14.6 Å². The second kappa shape index (κ2) is 5.02. The lowest BCUT2D eigenvalue weighted by molar-refractivity contribution is -0.160. The summed E-state index contributed by atoms with van der Waals surface area (Å²) in [6.45, 7) is 4.10. The van der Waals surface area contributed by atoms with Crippen LogP contribution < -0.4 is 4.74 Å². The zero-order valence-corrected chi connectivity index (χ0v) is 10.0. The van der Waals surface area contributed by atoms with E-state index >= 15 is 0 Å². The number of rotatable bonds is 4. The third-order valence-electron chi connectivity index (χ3n) is 3.01. The van der Waals surface area contributed by atoms with Crippen LogP contribution in [0.25, 0.3) is 0 Å². The highest BCUT2D eigenvalue weighted by Crippen LogP contribution is 2.29. The Morgan fingerprint density at radius 1 is 1.47 bits per heavy atom. The molecule has 0 bridgehead atoms. The van der Waals surface area contributed by atoms with E-state index in [9.17, 15) is 9.50 Å². The highest BCUT2D eigenvalue weighted by molar-refractivity contribution is 5.28. The van der Waals surface area contributed by atoms with Crippen LogP contribution in [0.15, 0.2) is 18.2 Å². The van der Waals surface area contributed by atoms with Gasteiger partial charge in [0, 0.05) is 19.1 Å². The van der Waals surface area contributed by atoms with Crippen molar-refractivity contribution in [3.63, 3.8) is 0 Å². The molecule has 94 valence electrons. The highest BCUT2D eigenvalue weighted by atomic mass is 19.1. The van der Waals surface area contributed by atoms with Crippen LogP contribution in [0.3, 0.4) is 0 Å². The number of ether oxygens (including phenoxy) is 2. The number of aliphatic hydroxyl groups is 1. The maximum absolute atomic E-state index is 13.3. The molecular formula is C13H17FO3. The normalized spacial score (nSPS) is 27.6. The van der Waals surface area contributed by atoms with Crippen molar-refractivity contribution in [2.45, 2.75) is 38.6 Å². The van der Waals surface area contributed by atoms with Crippen LogP contribution in [0.2, 0.25) is 0 Å². The van der Waals surface area contributed by atoms with Gasteiger partial charge in [-0.15, -0.1) is 0 Å². The first-order valence-electron chi connectivity index (χ1n) is 5.84. The van der Waals surface area contributed by atoms with E-state index in [1.165, 1.54) is 6.07 Å². The smallest absolute Gasteiger partial charge is 0.130 e. The first-order valence-corrected chi connectivity index (χ1v) is 5.84. The predicted molar refractivity (Wildman–Crippen MR) is 61.6 cm³/mol. The fourth-order valence-electron chi connectivity index (χ4n) is 1.91. The van der Waals surface area contributed by atoms with Gasteiger partial charge in [-0.25, -0.2) is 4.39 Å². The van der Waals surface area contributed by atoms with Crippen LogP contribution in [0, 0.1) is 12.7 Å². The molecule has 0 spiro atoms. The third kappa shape index (κ3) is 2.58. The van der Waals surface area contributed by atoms with Crippen molar-refractivity contribution in [1.29, 1.82) is 0 Å². The van der Waals surface area contributed by atoms with Crippen molar-refractivity contribution >= 4 is 0 Å². The molecular weight excluding hydrogens is 223 g/mol. The summed E-state index contributed by atoms with van der Waals surface area (Å²) in [5, 5.41) is 9.51. The van der Waals surface area contributed by atoms with Crippen LogP contribution in [-0.4, -0.2) is 30.0 Å². The number of hydrogen-bond acceptors (Lipinski definition) is 3. The van der Waals surface area contributed by atoms with Gasteiger partial charge in [0.15, 0.2) is 0 Å². The first-order chi connectivity index (χ1) is 8.11. The number of halogens is 1. The van der Waals surface area contributed by atoms with Crippen molar-refractivity contribution < 1.29 is 19.0 Å². The number of benzene rings is 1. The van der Waals surface area contributed by atoms with E-state index in [2.05, 4.69) is 0 Å². The van der Waals surface area contributed by atoms with Crippen LogP contribution >= 0.6 is 0 Å². The molecule has 0 aromatic heterocycles. The molecule has 0 amide bonds. The molecule has 0 radical (unpaired) electrons. The maximum Gasteiger partial charge on any atom is 0.130 e. The lowest BCUT2D eigenvalue weighted by Crippen LogP contribution is -2.55. The average Bonchev–Trinajstić information content (AvgIpc) is 2.30. The molecule has 3 atom stereocenters. The van der Waals surface area contributed by atoms with E-state index in [0.29, 0.717) is 24.3 Å². The summed E-state index contributed by atoms with van der Waals surface area (Å²) in [6.07, 6.45) is -0.438. The van der Waals surface area contributed by atoms with Crippen molar-refractivity contribution in [2.24, 2.45) is 0 Å². The number of hydrogen-bond donors (Lipinski definition) is 1. The average molecular weight is 240 g/mol. The van der Waals surface area contributed by atoms with E-state index in [1.807, 2.05) is 6.92 Å². The van der Waals surface area contributed by atoms with Crippen LogP contribution in [0.4, 0.5) is 4.39 Å². The summed E-state index contributed by atoms with van der Waals surface area (Å²) in [4.78, 5) is 0. The summed E-state index contributed by atoms with van der Waals surface area (Å²) in [5.41, 5.74) is 0.590. The van der Waals surface area contributed by atoms with Crippen molar-refractivity contribution in [1.82, 2.24) is 0 Å². The largest absolute Gasteiger partial charge is 0.487 e. The monoisotopic (exact) mass is 240 g/mol. The third-order valence-corrected chi connectivity index (χ3v) is 3.01. The molecule has 1 aliphatic carbocycles. The molecule has 17 heavy (non-hydrogen) atoms. The number of aryl methyl sites for hydroxylation is 1. The quantitative estimate of drug-likeness (QED) is 0.875. The van der Waals surface area contributed by atoms with Gasteiger partial charge >= 0.3 is 0 Å². The predicted octanol–water partition coefficient (Wildman–Crippen LogP) is 2.05. The fraction of sp³-hybridized carbons (Fsp3) is 0.538. The Labute approximate surface area is 100 Å². The highest BCUT2D eigenvalue weighted by Gasteiger charge is 2.42. The van der Waals surface area contributed by atoms with E-state index < -0.39 is 6.10 Å². The Morgan fingerprint density at radius 2 is 2.24 bits per heavy atom. The Balaban J connectivity index is 1.99. The van der Waals surface area contributed by atoms with Gasteiger partial charge in [-0.3, -0.25) is 0 Å². The van der Waals surface area contributed by atoms with Gasteiger partial charge in [0.25, 0.3) is 0 Å². The fourth-order valence-corrected chi connectivity index (χ4v) is 1.91. The molecule has 0 saturated heterocycles. The van der Waals surface area contributed by atoms with Crippen LogP contribution in [0.5, 0.6) is 5.75 Å². The Bertz CT molecular complexity index is 394. The Hall–Kier alpha value is -1.13. The maximum atomic E-state index is 13.3. The van der Waals surface area contributed by atoms with Gasteiger partial charge in [0.1, 0.15) is 23.8 Å². The van der Waals surface area contributed by atoms with Gasteiger partial charge in [-0.2, -0.15) is 0 Å². The first kappa shape index (κ1) is 12.3. The molecule has 1 N–H and O–H groups in total. The summed E-state index contributed by atoms with van der Waals surface area (Å²) in [5.74, 6) is 0.199. The minimum atomic E-state index is -0.477. The number of aliphatic hydroxyl groups excluding tert-OH is 1. The molecule has 1 aliphatic rings. The minimum absolute atomic E-state index is 0.188. The van der Waals surface area contributed by atoms with E-state index in [4.69, 9.17) is 9.47 Å². The van der Waals surface area contributed by atoms with Crippen molar-refractivity contribution in [3.8, 4) is 5.75 Å². The zero-order valence-electron chi connectivity index (χ0n) is 10.0. The standard InChI is InChI=1S/C13H17FO3/c1-3-16-13-11(15)7-12(13)17-9-5-4-8(2)10(14)6-9/h4-6,11-13,15H,3,7H2,1-2H3. The lowest BCUT2D eigenvalue weighted by Gasteiger charge is -2.40. The molecule has 1 aromatic rings. The minimum Gasteiger partial charge on any atom is -0.487 e. The molecule has 0 aliphatic heterocycles. The van der Waals surface area contributed by atoms with Gasteiger partial charge in [-0.1, -0.05) is 6.07 Å². The van der Waals surface area contributed by atoms with Crippen molar-refractivity contribution in [2.75, 3.05) is 6.61 Å². The molecule has 2 rings (SSSR count). The van der Waals surface area contributed by atoms with E-state index in [-0.39, 0.29) is 18.0 Å². The van der Waals surface area contributed by atoms with Crippen LogP contribution in [0.1, 0.15) is 18.9 Å². The SMILES string of the molecule is CCOC1C(O)CC1Oc1ccc(C)c(F)c1. The molecule has 3 unspecified atom stereocenters. The molecule has 4 heteroatoms. The van der Waals surface area contributed by atoms with Crippen molar-refractivity contribution in [3.05, 3.63) is 29.6 Å². The summed E-state index contributed by atoms with van der Waals surface area (Å²) in [7, 11) is 0. The van der Waals surface area contributed by atoms with E-state index in [1.54, 1.807) is 19.1 Å². The van der Waals surface area contributed by atoms with Gasteiger partial charge in [0.2, 0.25) is 0 Å². The Morgan fingerprint density at radius 3 is 2.82 bits per heavy atom. The molecule has 1 fully saturated rings. The second-order valence-electron chi connectivity index (χ2n) is 4.29. The van der Waals surface area contributed by atoms with E-state index in [0.717, 1.165) is 0 Å².